The van der Waals surface area contributed by atoms with Gasteiger partial charge in [-0.1, -0.05) is 41.0 Å². The first-order valence-corrected chi connectivity index (χ1v) is 9.39. The van der Waals surface area contributed by atoms with Crippen molar-refractivity contribution in [3.05, 3.63) is 59.1 Å². The van der Waals surface area contributed by atoms with Crippen molar-refractivity contribution < 1.29 is 28.3 Å². The molecule has 1 heterocycles. The Kier molecular flexibility index (Phi) is 6.92. The topological polar surface area (TPSA) is 99.9 Å². The van der Waals surface area contributed by atoms with Crippen LogP contribution < -0.4 is 14.8 Å². The van der Waals surface area contributed by atoms with Crippen LogP contribution in [0.25, 0.3) is 11.3 Å². The molecular formula is C21H19ClN2O6. The van der Waals surface area contributed by atoms with Gasteiger partial charge in [0.2, 0.25) is 5.88 Å². The third-order valence-corrected chi connectivity index (χ3v) is 4.22. The molecule has 0 aliphatic carbocycles. The Balaban J connectivity index is 1.80. The highest BCUT2D eigenvalue weighted by molar-refractivity contribution is 6.30. The molecule has 0 aliphatic rings. The number of halogens is 1. The van der Waals surface area contributed by atoms with Crippen LogP contribution in [0.4, 0.5) is 5.88 Å². The number of nitrogens with zero attached hydrogens (tertiary/aromatic N) is 1. The van der Waals surface area contributed by atoms with Crippen LogP contribution in [-0.4, -0.2) is 37.4 Å². The number of amides is 1. The second-order valence-electron chi connectivity index (χ2n) is 5.95. The zero-order chi connectivity index (χ0) is 21.5. The Hall–Kier alpha value is -3.52. The number of rotatable bonds is 8. The smallest absolute Gasteiger partial charge is 0.346 e. The maximum atomic E-state index is 12.5. The molecule has 0 unspecified atom stereocenters. The fourth-order valence-electron chi connectivity index (χ4n) is 2.62. The van der Waals surface area contributed by atoms with E-state index in [0.29, 0.717) is 22.1 Å². The summed E-state index contributed by atoms with van der Waals surface area (Å²) >= 11 is 5.92. The number of hydrogen-bond acceptors (Lipinski definition) is 7. The maximum Gasteiger partial charge on any atom is 0.346 e. The summed E-state index contributed by atoms with van der Waals surface area (Å²) in [7, 11) is 1.50. The van der Waals surface area contributed by atoms with E-state index in [9.17, 15) is 9.59 Å². The minimum Gasteiger partial charge on any atom is -0.493 e. The molecule has 0 bridgehead atoms. The lowest BCUT2D eigenvalue weighted by atomic mass is 10.1. The third kappa shape index (κ3) is 4.90. The second-order valence-corrected chi connectivity index (χ2v) is 6.39. The van der Waals surface area contributed by atoms with Crippen LogP contribution in [0.15, 0.2) is 53.1 Å². The van der Waals surface area contributed by atoms with Gasteiger partial charge in [-0.05, 0) is 31.2 Å². The fraction of sp³-hybridized carbons (Fsp3) is 0.190. The van der Waals surface area contributed by atoms with Crippen LogP contribution >= 0.6 is 11.6 Å². The highest BCUT2D eigenvalue weighted by Gasteiger charge is 2.26. The molecule has 1 aromatic heterocycles. The van der Waals surface area contributed by atoms with E-state index in [2.05, 4.69) is 10.5 Å². The van der Waals surface area contributed by atoms with Gasteiger partial charge >= 0.3 is 5.97 Å². The van der Waals surface area contributed by atoms with E-state index in [1.54, 1.807) is 55.5 Å². The normalized spacial score (nSPS) is 10.4. The van der Waals surface area contributed by atoms with Crippen molar-refractivity contribution in [1.29, 1.82) is 0 Å². The van der Waals surface area contributed by atoms with Crippen molar-refractivity contribution in [3.63, 3.8) is 0 Å². The highest BCUT2D eigenvalue weighted by atomic mass is 35.5. The van der Waals surface area contributed by atoms with Crippen molar-refractivity contribution in [1.82, 2.24) is 5.16 Å². The van der Waals surface area contributed by atoms with E-state index < -0.39 is 11.9 Å². The van der Waals surface area contributed by atoms with Gasteiger partial charge in [-0.2, -0.15) is 0 Å². The molecule has 8 nitrogen and oxygen atoms in total. The number of hydrogen-bond donors (Lipinski definition) is 1. The number of para-hydroxylation sites is 2. The number of esters is 1. The fourth-order valence-corrected chi connectivity index (χ4v) is 2.74. The van der Waals surface area contributed by atoms with E-state index in [-0.39, 0.29) is 30.4 Å². The molecule has 0 aliphatic heterocycles. The number of nitrogens with one attached hydrogen (secondary N) is 1. The van der Waals surface area contributed by atoms with Gasteiger partial charge in [0.25, 0.3) is 5.91 Å². The summed E-state index contributed by atoms with van der Waals surface area (Å²) in [6.45, 7) is 1.49. The summed E-state index contributed by atoms with van der Waals surface area (Å²) in [5, 5.41) is 6.95. The zero-order valence-corrected chi connectivity index (χ0v) is 17.1. The predicted molar refractivity (Wildman–Crippen MR) is 110 cm³/mol. The third-order valence-electron chi connectivity index (χ3n) is 3.97. The lowest BCUT2D eigenvalue weighted by Crippen LogP contribution is -2.21. The summed E-state index contributed by atoms with van der Waals surface area (Å²) in [6, 6.07) is 13.6. The number of ether oxygens (including phenoxy) is 3. The van der Waals surface area contributed by atoms with Crippen LogP contribution in [0.1, 0.15) is 17.3 Å². The summed E-state index contributed by atoms with van der Waals surface area (Å²) < 4.78 is 21.0. The molecule has 0 fully saturated rings. The van der Waals surface area contributed by atoms with Gasteiger partial charge in [0.05, 0.1) is 13.7 Å². The lowest BCUT2D eigenvalue weighted by Gasteiger charge is -2.10. The first-order valence-electron chi connectivity index (χ1n) is 9.01. The molecule has 156 valence electrons. The van der Waals surface area contributed by atoms with Crippen molar-refractivity contribution >= 4 is 29.4 Å². The van der Waals surface area contributed by atoms with Crippen LogP contribution in [0.3, 0.4) is 0 Å². The molecule has 3 aromatic rings. The average molecular weight is 431 g/mol. The molecule has 9 heteroatoms. The van der Waals surface area contributed by atoms with Gasteiger partial charge in [-0.25, -0.2) is 4.79 Å². The van der Waals surface area contributed by atoms with Crippen molar-refractivity contribution in [3.8, 4) is 22.8 Å². The highest BCUT2D eigenvalue weighted by Crippen LogP contribution is 2.31. The van der Waals surface area contributed by atoms with E-state index in [0.717, 1.165) is 0 Å². The van der Waals surface area contributed by atoms with Gasteiger partial charge < -0.3 is 18.7 Å². The molecule has 3 rings (SSSR count). The van der Waals surface area contributed by atoms with E-state index in [4.69, 9.17) is 30.3 Å². The van der Waals surface area contributed by atoms with Crippen LogP contribution in [0.5, 0.6) is 11.5 Å². The molecular weight excluding hydrogens is 412 g/mol. The first kappa shape index (κ1) is 21.2. The van der Waals surface area contributed by atoms with E-state index in [1.807, 2.05) is 0 Å². The summed E-state index contributed by atoms with van der Waals surface area (Å²) in [5.41, 5.74) is 0.813. The number of carbonyl (C=O) groups is 2. The standard InChI is InChI=1S/C21H19ClN2O6/c1-3-28-21(26)18-19(13-8-10-14(22)11-9-13)24-30-20(18)23-17(25)12-29-16-7-5-4-6-15(16)27-2/h4-11H,3,12H2,1-2H3,(H,23,25). The number of carbonyl (C=O) groups excluding carboxylic acids is 2. The molecule has 0 saturated heterocycles. The molecule has 0 radical (unpaired) electrons. The van der Waals surface area contributed by atoms with Crippen molar-refractivity contribution in [2.45, 2.75) is 6.92 Å². The summed E-state index contributed by atoms with van der Waals surface area (Å²) in [5.74, 6) is -0.468. The molecule has 0 saturated carbocycles. The number of benzene rings is 2. The Morgan fingerprint density at radius 2 is 1.80 bits per heavy atom. The predicted octanol–water partition coefficient (Wildman–Crippen LogP) is 4.20. The Bertz CT molecular complexity index is 1030. The van der Waals surface area contributed by atoms with E-state index in [1.165, 1.54) is 7.11 Å². The number of aromatic nitrogens is 1. The molecule has 0 spiro atoms. The Morgan fingerprint density at radius 1 is 1.10 bits per heavy atom. The van der Waals surface area contributed by atoms with Crippen LogP contribution in [-0.2, 0) is 9.53 Å². The van der Waals surface area contributed by atoms with Crippen molar-refractivity contribution in [2.75, 3.05) is 25.6 Å². The Morgan fingerprint density at radius 3 is 2.47 bits per heavy atom. The molecule has 0 atom stereocenters. The Labute approximate surface area is 177 Å². The summed E-state index contributed by atoms with van der Waals surface area (Å²) in [6.07, 6.45) is 0. The van der Waals surface area contributed by atoms with Gasteiger partial charge in [0, 0.05) is 10.6 Å². The minimum atomic E-state index is -0.676. The second kappa shape index (κ2) is 9.80. The van der Waals surface area contributed by atoms with Gasteiger partial charge in [0.1, 0.15) is 5.69 Å². The monoisotopic (exact) mass is 430 g/mol. The summed E-state index contributed by atoms with van der Waals surface area (Å²) in [4.78, 5) is 24.9. The van der Waals surface area contributed by atoms with Crippen LogP contribution in [0, 0.1) is 0 Å². The van der Waals surface area contributed by atoms with E-state index >= 15 is 0 Å². The van der Waals surface area contributed by atoms with Crippen LogP contribution in [0.2, 0.25) is 5.02 Å². The molecule has 2 aromatic carbocycles. The minimum absolute atomic E-state index is 0.00446. The SMILES string of the molecule is CCOC(=O)c1c(-c2ccc(Cl)cc2)noc1NC(=O)COc1ccccc1OC. The molecule has 1 N–H and O–H groups in total. The van der Waals surface area contributed by atoms with Gasteiger partial charge in [-0.15, -0.1) is 0 Å². The quantitative estimate of drug-likeness (QED) is 0.534. The molecule has 30 heavy (non-hydrogen) atoms. The maximum absolute atomic E-state index is 12.5. The molecule has 1 amide bonds. The lowest BCUT2D eigenvalue weighted by molar-refractivity contribution is -0.118. The van der Waals surface area contributed by atoms with Gasteiger partial charge in [0.15, 0.2) is 23.7 Å². The van der Waals surface area contributed by atoms with Gasteiger partial charge in [-0.3, -0.25) is 10.1 Å². The zero-order valence-electron chi connectivity index (χ0n) is 16.3. The average Bonchev–Trinajstić information content (AvgIpc) is 3.16. The largest absolute Gasteiger partial charge is 0.493 e. The van der Waals surface area contributed by atoms with Crippen molar-refractivity contribution in [2.24, 2.45) is 0 Å². The number of anilines is 1. The number of methoxy groups -OCH3 is 1. The first-order chi connectivity index (χ1) is 14.5.